The maximum Gasteiger partial charge on any atom is 0.265 e. The molecule has 2 atom stereocenters. The van der Waals surface area contributed by atoms with Crippen LogP contribution < -0.4 is 4.31 Å². The SMILES string of the molecule is C[C@@H](OC[C@@H](O)CN1c2cccc3cccc(c23)S1(=O)=O)c1ccc(Cl)cc1. The topological polar surface area (TPSA) is 66.8 Å². The van der Waals surface area contributed by atoms with Crippen molar-refractivity contribution in [1.82, 2.24) is 0 Å². The smallest absolute Gasteiger partial charge is 0.265 e. The Hall–Kier alpha value is -2.12. The van der Waals surface area contributed by atoms with E-state index in [1.165, 1.54) is 4.31 Å². The van der Waals surface area contributed by atoms with Gasteiger partial charge in [0.15, 0.2) is 0 Å². The van der Waals surface area contributed by atoms with E-state index in [4.69, 9.17) is 16.3 Å². The fraction of sp³-hybridized carbons (Fsp3) is 0.238. The number of hydrogen-bond acceptors (Lipinski definition) is 4. The van der Waals surface area contributed by atoms with Crippen LogP contribution in [0.5, 0.6) is 0 Å². The second-order valence-corrected chi connectivity index (χ2v) is 9.12. The summed E-state index contributed by atoms with van der Waals surface area (Å²) in [5, 5.41) is 12.7. The van der Waals surface area contributed by atoms with Crippen LogP contribution in [0.25, 0.3) is 10.8 Å². The molecule has 0 fully saturated rings. The molecule has 0 spiro atoms. The molecule has 0 saturated carbocycles. The van der Waals surface area contributed by atoms with Crippen LogP contribution in [0.15, 0.2) is 65.6 Å². The molecule has 3 aromatic rings. The van der Waals surface area contributed by atoms with E-state index >= 15 is 0 Å². The van der Waals surface area contributed by atoms with Gasteiger partial charge in [-0.3, -0.25) is 4.31 Å². The number of benzene rings is 3. The zero-order chi connectivity index (χ0) is 19.9. The third kappa shape index (κ3) is 3.37. The maximum absolute atomic E-state index is 13.0. The van der Waals surface area contributed by atoms with Gasteiger partial charge in [-0.25, -0.2) is 8.42 Å². The molecule has 7 heteroatoms. The van der Waals surface area contributed by atoms with Gasteiger partial charge in [0.2, 0.25) is 0 Å². The van der Waals surface area contributed by atoms with Crippen molar-refractivity contribution in [2.24, 2.45) is 0 Å². The van der Waals surface area contributed by atoms with E-state index in [0.29, 0.717) is 16.1 Å². The zero-order valence-corrected chi connectivity index (χ0v) is 16.8. The molecule has 0 aliphatic carbocycles. The first kappa shape index (κ1) is 19.2. The van der Waals surface area contributed by atoms with Crippen LogP contribution in [-0.4, -0.2) is 32.8 Å². The lowest BCUT2D eigenvalue weighted by Gasteiger charge is -2.23. The Morgan fingerprint density at radius 1 is 1.07 bits per heavy atom. The van der Waals surface area contributed by atoms with E-state index in [-0.39, 0.29) is 24.2 Å². The van der Waals surface area contributed by atoms with E-state index in [1.54, 1.807) is 30.3 Å². The molecule has 4 rings (SSSR count). The summed E-state index contributed by atoms with van der Waals surface area (Å²) in [7, 11) is -3.69. The monoisotopic (exact) mass is 417 g/mol. The number of hydrogen-bond donors (Lipinski definition) is 1. The van der Waals surface area contributed by atoms with Gasteiger partial charge in [-0.1, -0.05) is 48.0 Å². The molecule has 1 aliphatic rings. The fourth-order valence-electron chi connectivity index (χ4n) is 3.48. The average molecular weight is 418 g/mol. The second kappa shape index (κ2) is 7.37. The number of halogens is 1. The summed E-state index contributed by atoms with van der Waals surface area (Å²) in [6, 6.07) is 18.0. The summed E-state index contributed by atoms with van der Waals surface area (Å²) in [6.45, 7) is 1.82. The molecule has 0 saturated heterocycles. The first-order valence-electron chi connectivity index (χ1n) is 8.97. The van der Waals surface area contributed by atoms with Gasteiger partial charge in [0.25, 0.3) is 10.0 Å². The van der Waals surface area contributed by atoms with Crippen LogP contribution in [0.1, 0.15) is 18.6 Å². The maximum atomic E-state index is 13.0. The molecule has 0 radical (unpaired) electrons. The predicted octanol–water partition coefficient (Wildman–Crippen LogP) is 4.14. The third-order valence-corrected chi connectivity index (χ3v) is 7.01. The predicted molar refractivity (Wildman–Crippen MR) is 110 cm³/mol. The third-order valence-electron chi connectivity index (χ3n) is 4.94. The number of aliphatic hydroxyl groups excluding tert-OH is 1. The largest absolute Gasteiger partial charge is 0.389 e. The Kier molecular flexibility index (Phi) is 5.05. The van der Waals surface area contributed by atoms with Crippen molar-refractivity contribution < 1.29 is 18.3 Å². The van der Waals surface area contributed by atoms with Gasteiger partial charge < -0.3 is 9.84 Å². The number of aliphatic hydroxyl groups is 1. The number of nitrogens with zero attached hydrogens (tertiary/aromatic N) is 1. The highest BCUT2D eigenvalue weighted by molar-refractivity contribution is 7.93. The summed E-state index contributed by atoms with van der Waals surface area (Å²) >= 11 is 5.89. The molecular formula is C21H20ClNO4S. The Morgan fingerprint density at radius 2 is 1.75 bits per heavy atom. The van der Waals surface area contributed by atoms with Gasteiger partial charge >= 0.3 is 0 Å². The number of ether oxygens (including phenoxy) is 1. The second-order valence-electron chi connectivity index (χ2n) is 6.85. The van der Waals surface area contributed by atoms with Gasteiger partial charge in [0.1, 0.15) is 0 Å². The van der Waals surface area contributed by atoms with Crippen LogP contribution in [0, 0.1) is 0 Å². The molecule has 3 aromatic carbocycles. The standard InChI is InChI=1S/C21H20ClNO4S/c1-14(15-8-10-17(22)11-9-15)27-13-18(24)12-23-19-6-2-4-16-5-3-7-20(21(16)19)28(23,25)26/h2-11,14,18,24H,12-13H2,1H3/t14-,18+/m1/s1. The highest BCUT2D eigenvalue weighted by Gasteiger charge is 2.36. The Labute approximate surface area is 169 Å². The van der Waals surface area contributed by atoms with Crippen molar-refractivity contribution in [2.75, 3.05) is 17.5 Å². The van der Waals surface area contributed by atoms with Crippen LogP contribution in [0.3, 0.4) is 0 Å². The van der Waals surface area contributed by atoms with Crippen molar-refractivity contribution in [3.8, 4) is 0 Å². The van der Waals surface area contributed by atoms with Crippen molar-refractivity contribution in [3.63, 3.8) is 0 Å². The minimum absolute atomic E-state index is 0.0160. The molecule has 0 unspecified atom stereocenters. The summed E-state index contributed by atoms with van der Waals surface area (Å²) in [5.74, 6) is 0. The van der Waals surface area contributed by atoms with Crippen molar-refractivity contribution in [1.29, 1.82) is 0 Å². The van der Waals surface area contributed by atoms with Gasteiger partial charge in [-0.15, -0.1) is 0 Å². The molecule has 5 nitrogen and oxygen atoms in total. The van der Waals surface area contributed by atoms with Crippen LogP contribution in [0.2, 0.25) is 5.02 Å². The molecule has 0 bridgehead atoms. The normalized spacial score (nSPS) is 17.0. The van der Waals surface area contributed by atoms with Gasteiger partial charge in [-0.2, -0.15) is 0 Å². The highest BCUT2D eigenvalue weighted by atomic mass is 35.5. The first-order chi connectivity index (χ1) is 13.4. The lowest BCUT2D eigenvalue weighted by Crippen LogP contribution is -2.37. The lowest BCUT2D eigenvalue weighted by atomic mass is 10.1. The highest BCUT2D eigenvalue weighted by Crippen LogP contribution is 2.41. The molecule has 0 aromatic heterocycles. The van der Waals surface area contributed by atoms with Crippen LogP contribution >= 0.6 is 11.6 Å². The lowest BCUT2D eigenvalue weighted by molar-refractivity contribution is 0.00140. The fourth-order valence-corrected chi connectivity index (χ4v) is 5.36. The van der Waals surface area contributed by atoms with Crippen LogP contribution in [-0.2, 0) is 14.8 Å². The Bertz CT molecular complexity index is 1110. The molecule has 0 amide bonds. The summed E-state index contributed by atoms with van der Waals surface area (Å²) in [6.07, 6.45) is -1.21. The summed E-state index contributed by atoms with van der Waals surface area (Å²) < 4.78 is 32.9. The van der Waals surface area contributed by atoms with E-state index in [9.17, 15) is 13.5 Å². The Balaban J connectivity index is 1.49. The minimum atomic E-state index is -3.69. The number of rotatable bonds is 6. The Morgan fingerprint density at radius 3 is 2.46 bits per heavy atom. The van der Waals surface area contributed by atoms with E-state index < -0.39 is 16.1 Å². The molecule has 1 N–H and O–H groups in total. The number of β-amino-alcohol motifs (C(OH)–C–C–N with tert-alkyl or cyclic N) is 1. The van der Waals surface area contributed by atoms with Gasteiger partial charge in [-0.05, 0) is 42.1 Å². The first-order valence-corrected chi connectivity index (χ1v) is 10.8. The van der Waals surface area contributed by atoms with Gasteiger partial charge in [0, 0.05) is 10.4 Å². The number of sulfonamides is 1. The molecule has 1 heterocycles. The van der Waals surface area contributed by atoms with Crippen molar-refractivity contribution >= 4 is 38.1 Å². The average Bonchev–Trinajstić information content (AvgIpc) is 2.90. The van der Waals surface area contributed by atoms with Crippen LogP contribution in [0.4, 0.5) is 5.69 Å². The van der Waals surface area contributed by atoms with Crippen molar-refractivity contribution in [3.05, 3.63) is 71.2 Å². The summed E-state index contributed by atoms with van der Waals surface area (Å²) in [5.41, 5.74) is 1.53. The summed E-state index contributed by atoms with van der Waals surface area (Å²) in [4.78, 5) is 0.281. The van der Waals surface area contributed by atoms with E-state index in [0.717, 1.165) is 10.9 Å². The van der Waals surface area contributed by atoms with Gasteiger partial charge in [0.05, 0.1) is 35.9 Å². The van der Waals surface area contributed by atoms with E-state index in [1.807, 2.05) is 37.3 Å². The molecule has 146 valence electrons. The zero-order valence-electron chi connectivity index (χ0n) is 15.2. The molecule has 1 aliphatic heterocycles. The molecule has 28 heavy (non-hydrogen) atoms. The quantitative estimate of drug-likeness (QED) is 0.654. The number of anilines is 1. The minimum Gasteiger partial charge on any atom is -0.389 e. The van der Waals surface area contributed by atoms with Crippen molar-refractivity contribution in [2.45, 2.75) is 24.0 Å². The molecular weight excluding hydrogens is 398 g/mol. The van der Waals surface area contributed by atoms with E-state index in [2.05, 4.69) is 0 Å².